The number of amides is 1. The summed E-state index contributed by atoms with van der Waals surface area (Å²) in [5.41, 5.74) is 0.933. The maximum Gasteiger partial charge on any atom is 0.471 e. The van der Waals surface area contributed by atoms with Crippen molar-refractivity contribution in [3.63, 3.8) is 0 Å². The van der Waals surface area contributed by atoms with E-state index in [4.69, 9.17) is 5.26 Å². The van der Waals surface area contributed by atoms with Gasteiger partial charge in [-0.15, -0.1) is 11.8 Å². The van der Waals surface area contributed by atoms with Gasteiger partial charge in [0.1, 0.15) is 22.5 Å². The van der Waals surface area contributed by atoms with Crippen LogP contribution in [0.25, 0.3) is 0 Å². The number of aromatic nitrogens is 2. The maximum absolute atomic E-state index is 11.9. The Morgan fingerprint density at radius 1 is 1.38 bits per heavy atom. The van der Waals surface area contributed by atoms with Crippen molar-refractivity contribution in [1.82, 2.24) is 15.3 Å². The third kappa shape index (κ3) is 5.23. The van der Waals surface area contributed by atoms with Gasteiger partial charge < -0.3 is 5.32 Å². The fraction of sp³-hybridized carbons (Fsp3) is 0.500. The summed E-state index contributed by atoms with van der Waals surface area (Å²) in [5.74, 6) is -0.985. The van der Waals surface area contributed by atoms with Crippen LogP contribution in [0.1, 0.15) is 23.5 Å². The number of halogens is 3. The van der Waals surface area contributed by atoms with Crippen LogP contribution in [-0.4, -0.2) is 34.3 Å². The Hall–Kier alpha value is -1.82. The number of nitriles is 1. The number of thioether (sulfide) groups is 1. The van der Waals surface area contributed by atoms with Crippen molar-refractivity contribution in [2.45, 2.75) is 31.5 Å². The van der Waals surface area contributed by atoms with Crippen LogP contribution >= 0.6 is 11.8 Å². The largest absolute Gasteiger partial charge is 0.471 e. The molecule has 1 heterocycles. The van der Waals surface area contributed by atoms with Gasteiger partial charge in [0.25, 0.3) is 0 Å². The zero-order chi connectivity index (χ0) is 16.0. The molecular weight excluding hydrogens is 305 g/mol. The highest BCUT2D eigenvalue weighted by molar-refractivity contribution is 7.99. The van der Waals surface area contributed by atoms with Crippen LogP contribution in [0.4, 0.5) is 13.2 Å². The van der Waals surface area contributed by atoms with Crippen molar-refractivity contribution in [2.75, 3.05) is 12.3 Å². The lowest BCUT2D eigenvalue weighted by molar-refractivity contribution is -0.173. The minimum atomic E-state index is -4.86. The predicted molar refractivity (Wildman–Crippen MR) is 70.6 cm³/mol. The summed E-state index contributed by atoms with van der Waals surface area (Å²) in [6.45, 7) is 3.30. The molecule has 0 aliphatic rings. The van der Waals surface area contributed by atoms with Gasteiger partial charge in [0.15, 0.2) is 0 Å². The number of hydrogen-bond acceptors (Lipinski definition) is 5. The number of aryl methyl sites for hydroxylation is 2. The summed E-state index contributed by atoms with van der Waals surface area (Å²) in [7, 11) is 0. The van der Waals surface area contributed by atoms with Crippen molar-refractivity contribution >= 4 is 17.7 Å². The number of alkyl halides is 3. The van der Waals surface area contributed by atoms with Crippen LogP contribution in [0.5, 0.6) is 0 Å². The lowest BCUT2D eigenvalue weighted by Crippen LogP contribution is -2.37. The first kappa shape index (κ1) is 17.2. The van der Waals surface area contributed by atoms with Crippen molar-refractivity contribution in [3.05, 3.63) is 17.1 Å². The van der Waals surface area contributed by atoms with Gasteiger partial charge in [0, 0.05) is 12.3 Å². The van der Waals surface area contributed by atoms with Gasteiger partial charge in [0.05, 0.1) is 5.69 Å². The summed E-state index contributed by atoms with van der Waals surface area (Å²) < 4.78 is 35.8. The van der Waals surface area contributed by atoms with Crippen molar-refractivity contribution in [2.24, 2.45) is 0 Å². The highest BCUT2D eigenvalue weighted by Gasteiger charge is 2.38. The second-order valence-corrected chi connectivity index (χ2v) is 5.19. The first-order valence-corrected chi connectivity index (χ1v) is 6.97. The molecule has 1 amide bonds. The van der Waals surface area contributed by atoms with Gasteiger partial charge >= 0.3 is 12.1 Å². The van der Waals surface area contributed by atoms with Gasteiger partial charge in [-0.25, -0.2) is 9.97 Å². The van der Waals surface area contributed by atoms with Gasteiger partial charge in [-0.1, -0.05) is 0 Å². The Kier molecular flexibility index (Phi) is 5.96. The van der Waals surface area contributed by atoms with E-state index in [1.54, 1.807) is 19.2 Å². The molecule has 1 aromatic rings. The average Bonchev–Trinajstić information content (AvgIpc) is 2.36. The van der Waals surface area contributed by atoms with Gasteiger partial charge in [-0.3, -0.25) is 4.79 Å². The molecule has 0 radical (unpaired) electrons. The smallest absolute Gasteiger partial charge is 0.348 e. The highest BCUT2D eigenvalue weighted by atomic mass is 32.2. The Balaban J connectivity index is 2.47. The molecule has 0 bridgehead atoms. The fourth-order valence-corrected chi connectivity index (χ4v) is 2.47. The molecule has 1 aromatic heterocycles. The molecule has 114 valence electrons. The SMILES string of the molecule is Cc1nc(C)c(C#N)c(SCCCNC(=O)C(F)(F)F)n1. The molecule has 21 heavy (non-hydrogen) atoms. The van der Waals surface area contributed by atoms with Gasteiger partial charge in [-0.05, 0) is 20.3 Å². The zero-order valence-corrected chi connectivity index (χ0v) is 12.2. The fourth-order valence-electron chi connectivity index (χ4n) is 1.46. The maximum atomic E-state index is 11.9. The quantitative estimate of drug-likeness (QED) is 0.511. The first-order valence-electron chi connectivity index (χ1n) is 5.99. The van der Waals surface area contributed by atoms with E-state index in [-0.39, 0.29) is 6.54 Å². The number of rotatable bonds is 5. The molecule has 0 unspecified atom stereocenters. The molecule has 0 aromatic carbocycles. The lowest BCUT2D eigenvalue weighted by atomic mass is 10.3. The summed E-state index contributed by atoms with van der Waals surface area (Å²) in [5, 5.41) is 11.3. The number of carbonyl (C=O) groups is 1. The molecule has 9 heteroatoms. The van der Waals surface area contributed by atoms with E-state index in [0.717, 1.165) is 0 Å². The van der Waals surface area contributed by atoms with Gasteiger partial charge in [-0.2, -0.15) is 18.4 Å². The van der Waals surface area contributed by atoms with Crippen molar-refractivity contribution in [1.29, 1.82) is 5.26 Å². The number of nitrogens with one attached hydrogen (secondary N) is 1. The highest BCUT2D eigenvalue weighted by Crippen LogP contribution is 2.22. The minimum Gasteiger partial charge on any atom is -0.348 e. The van der Waals surface area contributed by atoms with Crippen LogP contribution in [-0.2, 0) is 4.79 Å². The van der Waals surface area contributed by atoms with Crippen LogP contribution in [0.15, 0.2) is 5.03 Å². The van der Waals surface area contributed by atoms with Gasteiger partial charge in [0.2, 0.25) is 0 Å². The predicted octanol–water partition coefficient (Wildman–Crippen LogP) is 2.13. The summed E-state index contributed by atoms with van der Waals surface area (Å²) in [6, 6.07) is 2.01. The molecule has 0 saturated heterocycles. The monoisotopic (exact) mass is 318 g/mol. The molecule has 0 spiro atoms. The van der Waals surface area contributed by atoms with E-state index in [1.165, 1.54) is 11.8 Å². The molecule has 0 saturated carbocycles. The Bertz CT molecular complexity index is 569. The molecule has 0 fully saturated rings. The standard InChI is InChI=1S/C12H13F3N4OS/c1-7-9(6-16)10(19-8(2)18-7)21-5-3-4-17-11(20)12(13,14)15/h3-5H2,1-2H3,(H,17,20). The second-order valence-electron chi connectivity index (χ2n) is 4.10. The molecule has 1 N–H and O–H groups in total. The van der Waals surface area contributed by atoms with Crippen molar-refractivity contribution in [3.8, 4) is 6.07 Å². The van der Waals surface area contributed by atoms with E-state index >= 15 is 0 Å². The Morgan fingerprint density at radius 2 is 2.05 bits per heavy atom. The normalized spacial score (nSPS) is 11.0. The van der Waals surface area contributed by atoms with Crippen molar-refractivity contribution < 1.29 is 18.0 Å². The zero-order valence-electron chi connectivity index (χ0n) is 11.4. The lowest BCUT2D eigenvalue weighted by Gasteiger charge is -2.08. The van der Waals surface area contributed by atoms with E-state index < -0.39 is 12.1 Å². The molecule has 5 nitrogen and oxygen atoms in total. The Morgan fingerprint density at radius 3 is 2.62 bits per heavy atom. The minimum absolute atomic E-state index is 0.0870. The number of nitrogens with zero attached hydrogens (tertiary/aromatic N) is 3. The summed E-state index contributed by atoms with van der Waals surface area (Å²) in [4.78, 5) is 18.8. The summed E-state index contributed by atoms with van der Waals surface area (Å²) >= 11 is 1.25. The van der Waals surface area contributed by atoms with Crippen LogP contribution in [0.2, 0.25) is 0 Å². The topological polar surface area (TPSA) is 78.7 Å². The van der Waals surface area contributed by atoms with E-state index in [9.17, 15) is 18.0 Å². The van der Waals surface area contributed by atoms with E-state index in [0.29, 0.717) is 34.3 Å². The molecule has 1 rings (SSSR count). The third-order valence-electron chi connectivity index (χ3n) is 2.38. The van der Waals surface area contributed by atoms with Crippen LogP contribution < -0.4 is 5.32 Å². The first-order chi connectivity index (χ1) is 9.75. The number of hydrogen-bond donors (Lipinski definition) is 1. The van der Waals surface area contributed by atoms with E-state index in [1.807, 2.05) is 6.07 Å². The Labute approximate surface area is 124 Å². The van der Waals surface area contributed by atoms with E-state index in [2.05, 4.69) is 9.97 Å². The average molecular weight is 318 g/mol. The molecule has 0 atom stereocenters. The molecular formula is C12H13F3N4OS. The van der Waals surface area contributed by atoms with Crippen LogP contribution in [0.3, 0.4) is 0 Å². The molecule has 0 aliphatic heterocycles. The summed E-state index contributed by atoms with van der Waals surface area (Å²) in [6.07, 6.45) is -4.53. The molecule has 0 aliphatic carbocycles. The second kappa shape index (κ2) is 7.26. The third-order valence-corrected chi connectivity index (χ3v) is 3.44. The van der Waals surface area contributed by atoms with Crippen LogP contribution in [0, 0.1) is 25.2 Å². The number of carbonyl (C=O) groups excluding carboxylic acids is 1.